The van der Waals surface area contributed by atoms with Crippen molar-refractivity contribution in [2.45, 2.75) is 76.9 Å². The van der Waals surface area contributed by atoms with Crippen LogP contribution in [0.1, 0.15) is 63.5 Å². The predicted molar refractivity (Wildman–Crippen MR) is 106 cm³/mol. The molecule has 3 nitrogen and oxygen atoms in total. The first kappa shape index (κ1) is 20.3. The first-order valence-electron chi connectivity index (χ1n) is 9.55. The Balaban J connectivity index is 0.00000225. The lowest BCUT2D eigenvalue weighted by Gasteiger charge is -2.37. The summed E-state index contributed by atoms with van der Waals surface area (Å²) < 4.78 is 0. The van der Waals surface area contributed by atoms with Gasteiger partial charge >= 0.3 is 0 Å². The van der Waals surface area contributed by atoms with Crippen molar-refractivity contribution in [2.75, 3.05) is 7.05 Å². The molecule has 2 heterocycles. The molecule has 1 N–H and O–H groups in total. The van der Waals surface area contributed by atoms with Crippen LogP contribution in [0.4, 0.5) is 0 Å². The molecule has 2 fully saturated rings. The third-order valence-corrected chi connectivity index (χ3v) is 5.96. The molecule has 0 unspecified atom stereocenters. The monoisotopic (exact) mass is 364 g/mol. The van der Waals surface area contributed by atoms with E-state index in [1.165, 1.54) is 18.4 Å². The average Bonchev–Trinajstić information content (AvgIpc) is 2.75. The van der Waals surface area contributed by atoms with Gasteiger partial charge in [0.25, 0.3) is 0 Å². The summed E-state index contributed by atoms with van der Waals surface area (Å²) in [5, 5.41) is 3.32. The quantitative estimate of drug-likeness (QED) is 0.851. The number of hydrogen-bond acceptors (Lipinski definition) is 2. The number of benzene rings is 1. The summed E-state index contributed by atoms with van der Waals surface area (Å²) in [6, 6.07) is 10.3. The Kier molecular flexibility index (Phi) is 6.93. The molecule has 2 aliphatic heterocycles. The fraction of sp³-hybridized carbons (Fsp3) is 0.667. The molecule has 0 aromatic heterocycles. The first-order chi connectivity index (χ1) is 11.4. The molecule has 2 bridgehead atoms. The molecule has 0 aliphatic carbocycles. The number of nitrogens with one attached hydrogen (secondary N) is 1. The lowest BCUT2D eigenvalue weighted by Crippen LogP contribution is -2.49. The first-order valence-corrected chi connectivity index (χ1v) is 9.55. The van der Waals surface area contributed by atoms with Crippen LogP contribution >= 0.6 is 12.4 Å². The highest BCUT2D eigenvalue weighted by molar-refractivity contribution is 5.85. The second-order valence-corrected chi connectivity index (χ2v) is 8.29. The van der Waals surface area contributed by atoms with Crippen LogP contribution in [0.3, 0.4) is 0 Å². The third-order valence-electron chi connectivity index (χ3n) is 5.96. The van der Waals surface area contributed by atoms with E-state index < -0.39 is 0 Å². The van der Waals surface area contributed by atoms with Crippen LogP contribution in [0.25, 0.3) is 0 Å². The van der Waals surface area contributed by atoms with E-state index in [2.05, 4.69) is 55.4 Å². The minimum Gasteiger partial charge on any atom is -0.353 e. The van der Waals surface area contributed by atoms with Crippen LogP contribution in [0.5, 0.6) is 0 Å². The van der Waals surface area contributed by atoms with E-state index in [9.17, 15) is 4.79 Å². The Morgan fingerprint density at radius 1 is 1.12 bits per heavy atom. The van der Waals surface area contributed by atoms with Crippen molar-refractivity contribution in [1.29, 1.82) is 0 Å². The maximum Gasteiger partial charge on any atom is 0.227 e. The number of amides is 1. The molecule has 3 atom stereocenters. The second kappa shape index (κ2) is 8.55. The predicted octanol–water partition coefficient (Wildman–Crippen LogP) is 4.15. The summed E-state index contributed by atoms with van der Waals surface area (Å²) in [4.78, 5) is 15.2. The molecular formula is C21H33ClN2O. The molecule has 0 radical (unpaired) electrons. The van der Waals surface area contributed by atoms with Gasteiger partial charge in [-0.15, -0.1) is 12.4 Å². The molecule has 0 saturated carbocycles. The number of carbonyl (C=O) groups is 1. The van der Waals surface area contributed by atoms with Crippen molar-refractivity contribution in [3.63, 3.8) is 0 Å². The summed E-state index contributed by atoms with van der Waals surface area (Å²) in [5.41, 5.74) is 2.48. The van der Waals surface area contributed by atoms with E-state index in [1.54, 1.807) is 0 Å². The fourth-order valence-electron chi connectivity index (χ4n) is 4.42. The van der Waals surface area contributed by atoms with Crippen molar-refractivity contribution in [3.8, 4) is 0 Å². The summed E-state index contributed by atoms with van der Waals surface area (Å²) in [6.45, 7) is 6.49. The number of halogens is 1. The Bertz CT molecular complexity index is 558. The SMILES string of the molecule is CC(C)Cc1ccc([C@@H](C)C(=O)NC2C[C@H]3CC[C@H](C2)N3C)cc1.Cl. The van der Waals surface area contributed by atoms with Gasteiger partial charge in [-0.3, -0.25) is 4.79 Å². The number of rotatable bonds is 5. The van der Waals surface area contributed by atoms with Crippen molar-refractivity contribution in [3.05, 3.63) is 35.4 Å². The Hall–Kier alpha value is -1.06. The smallest absolute Gasteiger partial charge is 0.227 e. The lowest BCUT2D eigenvalue weighted by molar-refractivity contribution is -0.123. The van der Waals surface area contributed by atoms with Crippen molar-refractivity contribution in [2.24, 2.45) is 5.92 Å². The molecule has 2 saturated heterocycles. The average molecular weight is 365 g/mol. The Morgan fingerprint density at radius 3 is 2.20 bits per heavy atom. The van der Waals surface area contributed by atoms with Gasteiger partial charge < -0.3 is 10.2 Å². The number of piperidine rings is 1. The van der Waals surface area contributed by atoms with Crippen molar-refractivity contribution in [1.82, 2.24) is 10.2 Å². The number of carbonyl (C=O) groups excluding carboxylic acids is 1. The van der Waals surface area contributed by atoms with E-state index in [4.69, 9.17) is 0 Å². The summed E-state index contributed by atoms with van der Waals surface area (Å²) in [5.74, 6) is 0.771. The summed E-state index contributed by atoms with van der Waals surface area (Å²) in [6.07, 6.45) is 5.90. The van der Waals surface area contributed by atoms with Crippen LogP contribution in [-0.2, 0) is 11.2 Å². The minimum absolute atomic E-state index is 0. The van der Waals surface area contributed by atoms with Gasteiger partial charge in [-0.05, 0) is 63.1 Å². The van der Waals surface area contributed by atoms with Crippen LogP contribution in [0, 0.1) is 5.92 Å². The van der Waals surface area contributed by atoms with E-state index >= 15 is 0 Å². The molecule has 3 rings (SSSR count). The van der Waals surface area contributed by atoms with E-state index in [0.717, 1.165) is 24.8 Å². The molecule has 140 valence electrons. The van der Waals surface area contributed by atoms with Gasteiger partial charge in [-0.1, -0.05) is 38.1 Å². The zero-order chi connectivity index (χ0) is 17.3. The molecule has 1 aromatic rings. The topological polar surface area (TPSA) is 32.3 Å². The van der Waals surface area contributed by atoms with Gasteiger partial charge in [-0.25, -0.2) is 0 Å². The molecule has 25 heavy (non-hydrogen) atoms. The highest BCUT2D eigenvalue weighted by Gasteiger charge is 2.39. The van der Waals surface area contributed by atoms with Gasteiger partial charge in [0, 0.05) is 18.1 Å². The van der Waals surface area contributed by atoms with Gasteiger partial charge in [0.1, 0.15) is 0 Å². The zero-order valence-corrected chi connectivity index (χ0v) is 16.8. The van der Waals surface area contributed by atoms with Gasteiger partial charge in [0.2, 0.25) is 5.91 Å². The lowest BCUT2D eigenvalue weighted by atomic mass is 9.94. The molecule has 1 aromatic carbocycles. The molecule has 1 amide bonds. The van der Waals surface area contributed by atoms with Crippen molar-refractivity contribution >= 4 is 18.3 Å². The van der Waals surface area contributed by atoms with Crippen molar-refractivity contribution < 1.29 is 4.79 Å². The molecule has 2 aliphatic rings. The van der Waals surface area contributed by atoms with Gasteiger partial charge in [0.15, 0.2) is 0 Å². The van der Waals surface area contributed by atoms with Crippen LogP contribution in [0.2, 0.25) is 0 Å². The summed E-state index contributed by atoms with van der Waals surface area (Å²) in [7, 11) is 2.24. The van der Waals surface area contributed by atoms with Gasteiger partial charge in [-0.2, -0.15) is 0 Å². The molecular weight excluding hydrogens is 332 g/mol. The van der Waals surface area contributed by atoms with Crippen LogP contribution in [-0.4, -0.2) is 36.0 Å². The van der Waals surface area contributed by atoms with Crippen LogP contribution in [0.15, 0.2) is 24.3 Å². The molecule has 0 spiro atoms. The minimum atomic E-state index is -0.0737. The Labute approximate surface area is 159 Å². The van der Waals surface area contributed by atoms with Gasteiger partial charge in [0.05, 0.1) is 5.92 Å². The Morgan fingerprint density at radius 2 is 1.68 bits per heavy atom. The van der Waals surface area contributed by atoms with E-state index in [0.29, 0.717) is 24.0 Å². The second-order valence-electron chi connectivity index (χ2n) is 8.29. The normalized spacial score (nSPS) is 27.0. The highest BCUT2D eigenvalue weighted by atomic mass is 35.5. The number of fused-ring (bicyclic) bond motifs is 2. The third kappa shape index (κ3) is 4.77. The molecule has 4 heteroatoms. The largest absolute Gasteiger partial charge is 0.353 e. The standard InChI is InChI=1S/C21H32N2O.ClH/c1-14(2)11-16-5-7-17(8-6-16)15(3)21(24)22-18-12-19-9-10-20(13-18)23(19)4;/h5-8,14-15,18-20H,9-13H2,1-4H3,(H,22,24);1H/t15-,19-,20-;/m1./s1. The highest BCUT2D eigenvalue weighted by Crippen LogP contribution is 2.34. The zero-order valence-electron chi connectivity index (χ0n) is 16.0. The maximum atomic E-state index is 12.7. The fourth-order valence-corrected chi connectivity index (χ4v) is 4.42. The van der Waals surface area contributed by atoms with Crippen LogP contribution < -0.4 is 5.32 Å². The summed E-state index contributed by atoms with van der Waals surface area (Å²) >= 11 is 0. The van der Waals surface area contributed by atoms with E-state index in [1.807, 2.05) is 6.92 Å². The van der Waals surface area contributed by atoms with E-state index in [-0.39, 0.29) is 24.2 Å². The maximum absolute atomic E-state index is 12.7. The number of nitrogens with zero attached hydrogens (tertiary/aromatic N) is 1. The number of hydrogen-bond donors (Lipinski definition) is 1.